The molecule has 1 aromatic heterocycles. The predicted molar refractivity (Wildman–Crippen MR) is 128 cm³/mol. The summed E-state index contributed by atoms with van der Waals surface area (Å²) in [5.74, 6) is 0.992. The summed E-state index contributed by atoms with van der Waals surface area (Å²) in [5, 5.41) is 12.5. The minimum atomic E-state index is -0.355. The van der Waals surface area contributed by atoms with Gasteiger partial charge in [0.2, 0.25) is 5.95 Å². The van der Waals surface area contributed by atoms with Crippen molar-refractivity contribution >= 4 is 29.2 Å². The molecule has 8 nitrogen and oxygen atoms in total. The van der Waals surface area contributed by atoms with Crippen LogP contribution in [-0.4, -0.2) is 54.6 Å². The van der Waals surface area contributed by atoms with Gasteiger partial charge in [0.05, 0.1) is 0 Å². The average molecular weight is 426 g/mol. The molecule has 0 radical (unpaired) electrons. The van der Waals surface area contributed by atoms with Crippen LogP contribution in [-0.2, 0) is 6.42 Å². The molecule has 1 unspecified atom stereocenters. The van der Waals surface area contributed by atoms with Crippen LogP contribution in [0.25, 0.3) is 0 Å². The second-order valence-corrected chi connectivity index (χ2v) is 8.95. The molecule has 0 fully saturated rings. The quantitative estimate of drug-likeness (QED) is 0.474. The molecule has 0 bridgehead atoms. The zero-order valence-electron chi connectivity index (χ0n) is 19.3. The Labute approximate surface area is 185 Å². The van der Waals surface area contributed by atoms with E-state index in [1.807, 2.05) is 31.2 Å². The summed E-state index contributed by atoms with van der Waals surface area (Å²) >= 11 is 0. The Morgan fingerprint density at radius 2 is 2.03 bits per heavy atom. The molecule has 1 aromatic carbocycles. The Bertz CT molecular complexity index is 915. The van der Waals surface area contributed by atoms with Gasteiger partial charge in [-0.2, -0.15) is 4.98 Å². The third kappa shape index (κ3) is 6.55. The van der Waals surface area contributed by atoms with Crippen LogP contribution in [0.3, 0.4) is 0 Å². The Balaban J connectivity index is 1.60. The molecule has 2 amide bonds. The van der Waals surface area contributed by atoms with Crippen molar-refractivity contribution in [3.63, 3.8) is 0 Å². The first-order chi connectivity index (χ1) is 14.8. The molecule has 1 aliphatic rings. The maximum atomic E-state index is 12.5. The minimum Gasteiger partial charge on any atom is -0.384 e. The van der Waals surface area contributed by atoms with E-state index in [4.69, 9.17) is 0 Å². The van der Waals surface area contributed by atoms with E-state index >= 15 is 0 Å². The predicted octanol–water partition coefficient (Wildman–Crippen LogP) is 4.18. The second-order valence-electron chi connectivity index (χ2n) is 8.95. The number of aryl methyl sites for hydroxylation is 1. The van der Waals surface area contributed by atoms with E-state index in [1.165, 1.54) is 5.56 Å². The SMILES string of the molecule is CCC1(C)CNc2ccc(NC(=O)Nc3nc(C)cc(NCCCN(C)C)n3)cc2C1. The first-order valence-electron chi connectivity index (χ1n) is 11.0. The lowest BCUT2D eigenvalue weighted by Gasteiger charge is -2.35. The highest BCUT2D eigenvalue weighted by Gasteiger charge is 2.28. The number of aromatic nitrogens is 2. The molecule has 4 N–H and O–H groups in total. The summed E-state index contributed by atoms with van der Waals surface area (Å²) in [5.41, 5.74) is 4.15. The maximum absolute atomic E-state index is 12.5. The number of nitrogens with zero attached hydrogens (tertiary/aromatic N) is 3. The fourth-order valence-electron chi connectivity index (χ4n) is 3.66. The van der Waals surface area contributed by atoms with Gasteiger partial charge in [0, 0.05) is 36.2 Å². The standard InChI is InChI=1S/C23H35N7O/c1-6-23(3)14-17-13-18(8-9-19(17)25-15-23)27-22(31)29-21-26-16(2)12-20(28-21)24-10-7-11-30(4)5/h8-9,12-13,25H,6-7,10-11,14-15H2,1-5H3,(H3,24,26,27,28,29,31). The summed E-state index contributed by atoms with van der Waals surface area (Å²) < 4.78 is 0. The lowest BCUT2D eigenvalue weighted by molar-refractivity contribution is 0.262. The lowest BCUT2D eigenvalue weighted by Crippen LogP contribution is -2.33. The maximum Gasteiger partial charge on any atom is 0.326 e. The van der Waals surface area contributed by atoms with E-state index in [9.17, 15) is 4.79 Å². The molecule has 1 aliphatic heterocycles. The molecule has 0 saturated heterocycles. The van der Waals surface area contributed by atoms with E-state index in [-0.39, 0.29) is 17.4 Å². The second kappa shape index (κ2) is 9.96. The third-order valence-electron chi connectivity index (χ3n) is 5.71. The molecule has 0 spiro atoms. The highest BCUT2D eigenvalue weighted by molar-refractivity contribution is 5.99. The van der Waals surface area contributed by atoms with E-state index in [2.05, 4.69) is 64.1 Å². The molecule has 168 valence electrons. The van der Waals surface area contributed by atoms with Crippen LogP contribution < -0.4 is 21.3 Å². The zero-order valence-corrected chi connectivity index (χ0v) is 19.3. The Kier molecular flexibility index (Phi) is 7.33. The van der Waals surface area contributed by atoms with Gasteiger partial charge in [0.25, 0.3) is 0 Å². The topological polar surface area (TPSA) is 94.2 Å². The third-order valence-corrected chi connectivity index (χ3v) is 5.71. The zero-order chi connectivity index (χ0) is 22.4. The number of urea groups is 1. The van der Waals surface area contributed by atoms with Crippen molar-refractivity contribution in [3.05, 3.63) is 35.5 Å². The van der Waals surface area contributed by atoms with Crippen molar-refractivity contribution in [1.29, 1.82) is 0 Å². The molecule has 8 heteroatoms. The molecule has 0 saturated carbocycles. The van der Waals surface area contributed by atoms with Crippen LogP contribution >= 0.6 is 0 Å². The van der Waals surface area contributed by atoms with Crippen LogP contribution in [0.5, 0.6) is 0 Å². The van der Waals surface area contributed by atoms with Crippen molar-refractivity contribution in [2.75, 3.05) is 55.0 Å². The Morgan fingerprint density at radius 3 is 2.77 bits per heavy atom. The average Bonchev–Trinajstić information content (AvgIpc) is 2.70. The van der Waals surface area contributed by atoms with E-state index in [0.717, 1.165) is 56.0 Å². The van der Waals surface area contributed by atoms with Crippen LogP contribution in [0.2, 0.25) is 0 Å². The number of fused-ring (bicyclic) bond motifs is 1. The van der Waals surface area contributed by atoms with Crippen LogP contribution in [0.1, 0.15) is 37.9 Å². The fraction of sp³-hybridized carbons (Fsp3) is 0.522. The molecule has 0 aliphatic carbocycles. The molecule has 1 atom stereocenters. The van der Waals surface area contributed by atoms with Crippen molar-refractivity contribution in [1.82, 2.24) is 14.9 Å². The monoisotopic (exact) mass is 425 g/mol. The van der Waals surface area contributed by atoms with Crippen molar-refractivity contribution < 1.29 is 4.79 Å². The van der Waals surface area contributed by atoms with Gasteiger partial charge >= 0.3 is 6.03 Å². The number of benzene rings is 1. The first-order valence-corrected chi connectivity index (χ1v) is 11.0. The molecule has 3 rings (SSSR count). The largest absolute Gasteiger partial charge is 0.384 e. The summed E-state index contributed by atoms with van der Waals surface area (Å²) in [7, 11) is 4.11. The number of carbonyl (C=O) groups is 1. The van der Waals surface area contributed by atoms with E-state index < -0.39 is 0 Å². The summed E-state index contributed by atoms with van der Waals surface area (Å²) in [6, 6.07) is 7.50. The summed E-state index contributed by atoms with van der Waals surface area (Å²) in [4.78, 5) is 23.4. The van der Waals surface area contributed by atoms with E-state index in [1.54, 1.807) is 0 Å². The number of carbonyl (C=O) groups excluding carboxylic acids is 1. The van der Waals surface area contributed by atoms with Gasteiger partial charge in [-0.15, -0.1) is 0 Å². The lowest BCUT2D eigenvalue weighted by atomic mass is 9.78. The van der Waals surface area contributed by atoms with Gasteiger partial charge < -0.3 is 20.9 Å². The van der Waals surface area contributed by atoms with Gasteiger partial charge in [-0.1, -0.05) is 13.8 Å². The first kappa shape index (κ1) is 22.8. The highest BCUT2D eigenvalue weighted by atomic mass is 16.2. The van der Waals surface area contributed by atoms with Crippen LogP contribution in [0.15, 0.2) is 24.3 Å². The van der Waals surface area contributed by atoms with Gasteiger partial charge in [0.1, 0.15) is 5.82 Å². The molecule has 2 heterocycles. The Morgan fingerprint density at radius 1 is 1.23 bits per heavy atom. The highest BCUT2D eigenvalue weighted by Crippen LogP contribution is 2.36. The van der Waals surface area contributed by atoms with Crippen molar-refractivity contribution in [2.45, 2.75) is 40.0 Å². The number of hydrogen-bond acceptors (Lipinski definition) is 6. The molecular weight excluding hydrogens is 390 g/mol. The molecule has 31 heavy (non-hydrogen) atoms. The Hall–Kier alpha value is -2.87. The number of amides is 2. The summed E-state index contributed by atoms with van der Waals surface area (Å²) in [6.45, 7) is 9.17. The number of hydrogen-bond donors (Lipinski definition) is 4. The number of rotatable bonds is 8. The van der Waals surface area contributed by atoms with Crippen molar-refractivity contribution in [2.24, 2.45) is 5.41 Å². The molecule has 2 aromatic rings. The van der Waals surface area contributed by atoms with Gasteiger partial charge in [0.15, 0.2) is 0 Å². The van der Waals surface area contributed by atoms with Crippen molar-refractivity contribution in [3.8, 4) is 0 Å². The molecular formula is C23H35N7O. The number of nitrogens with one attached hydrogen (secondary N) is 4. The van der Waals surface area contributed by atoms with Gasteiger partial charge in [-0.3, -0.25) is 5.32 Å². The van der Waals surface area contributed by atoms with Crippen LogP contribution in [0.4, 0.5) is 27.9 Å². The summed E-state index contributed by atoms with van der Waals surface area (Å²) in [6.07, 6.45) is 3.10. The normalized spacial score (nSPS) is 17.6. The van der Waals surface area contributed by atoms with Gasteiger partial charge in [-0.05, 0) is 76.0 Å². The number of anilines is 4. The van der Waals surface area contributed by atoms with Crippen LogP contribution in [0, 0.1) is 12.3 Å². The smallest absolute Gasteiger partial charge is 0.326 e. The fourth-order valence-corrected chi connectivity index (χ4v) is 3.66. The minimum absolute atomic E-state index is 0.235. The van der Waals surface area contributed by atoms with Gasteiger partial charge in [-0.25, -0.2) is 9.78 Å². The van der Waals surface area contributed by atoms with E-state index in [0.29, 0.717) is 5.82 Å².